The number of amides is 1. The Morgan fingerprint density at radius 1 is 0.939 bits per heavy atom. The number of hydrogen-bond acceptors (Lipinski definition) is 5. The molecule has 1 amide bonds. The molecule has 6 heteroatoms. The van der Waals surface area contributed by atoms with Gasteiger partial charge in [0.25, 0.3) is 0 Å². The van der Waals surface area contributed by atoms with Crippen LogP contribution in [0.2, 0.25) is 0 Å². The molecule has 0 atom stereocenters. The molecule has 0 aromatic heterocycles. The first-order chi connectivity index (χ1) is 16.1. The normalized spacial score (nSPS) is 14.6. The summed E-state index contributed by atoms with van der Waals surface area (Å²) in [6.07, 6.45) is 1.57. The maximum Gasteiger partial charge on any atom is 0.227 e. The fraction of sp³-hybridized carbons (Fsp3) is 0.296. The predicted molar refractivity (Wildman–Crippen MR) is 130 cm³/mol. The lowest BCUT2D eigenvalue weighted by molar-refractivity contribution is -0.121. The fourth-order valence-corrected chi connectivity index (χ4v) is 4.23. The van der Waals surface area contributed by atoms with Crippen LogP contribution in [0.5, 0.6) is 17.2 Å². The Bertz CT molecular complexity index is 1110. The first-order valence-corrected chi connectivity index (χ1v) is 11.2. The number of benzene rings is 3. The van der Waals surface area contributed by atoms with Crippen molar-refractivity contribution < 1.29 is 19.4 Å². The molecule has 0 saturated carbocycles. The van der Waals surface area contributed by atoms with Gasteiger partial charge in [0, 0.05) is 23.7 Å². The van der Waals surface area contributed by atoms with E-state index < -0.39 is 0 Å². The van der Waals surface area contributed by atoms with Crippen molar-refractivity contribution in [3.05, 3.63) is 72.3 Å². The molecule has 6 nitrogen and oxygen atoms in total. The molecule has 0 unspecified atom stereocenters. The Hall–Kier alpha value is -3.51. The van der Waals surface area contributed by atoms with Crippen LogP contribution in [0, 0.1) is 5.92 Å². The van der Waals surface area contributed by atoms with Crippen LogP contribution in [0.3, 0.4) is 0 Å². The highest BCUT2D eigenvalue weighted by Crippen LogP contribution is 2.28. The molecule has 1 heterocycles. The van der Waals surface area contributed by atoms with Gasteiger partial charge in [0.2, 0.25) is 5.91 Å². The van der Waals surface area contributed by atoms with E-state index in [0.29, 0.717) is 6.54 Å². The Labute approximate surface area is 194 Å². The first-order valence-electron chi connectivity index (χ1n) is 11.2. The summed E-state index contributed by atoms with van der Waals surface area (Å²) in [6, 6.07) is 21.0. The summed E-state index contributed by atoms with van der Waals surface area (Å²) in [7, 11) is 3.27. The van der Waals surface area contributed by atoms with E-state index >= 15 is 0 Å². The molecule has 0 bridgehead atoms. The molecule has 3 aromatic carbocycles. The maximum absolute atomic E-state index is 12.9. The molecular weight excluding hydrogens is 416 g/mol. The van der Waals surface area contributed by atoms with Crippen LogP contribution in [0.4, 0.5) is 5.69 Å². The monoisotopic (exact) mass is 446 g/mol. The van der Waals surface area contributed by atoms with E-state index in [1.165, 1.54) is 0 Å². The van der Waals surface area contributed by atoms with Crippen molar-refractivity contribution in [2.75, 3.05) is 32.6 Å². The number of rotatable bonds is 7. The molecule has 3 aromatic rings. The second-order valence-electron chi connectivity index (χ2n) is 8.35. The predicted octanol–water partition coefficient (Wildman–Crippen LogP) is 4.93. The van der Waals surface area contributed by atoms with Crippen molar-refractivity contribution in [1.82, 2.24) is 4.90 Å². The molecule has 1 fully saturated rings. The van der Waals surface area contributed by atoms with Gasteiger partial charge >= 0.3 is 0 Å². The molecule has 4 rings (SSSR count). The Balaban J connectivity index is 1.34. The highest BCUT2D eigenvalue weighted by Gasteiger charge is 2.25. The number of nitrogens with zero attached hydrogens (tertiary/aromatic N) is 1. The number of methoxy groups -OCH3 is 2. The summed E-state index contributed by atoms with van der Waals surface area (Å²) in [4.78, 5) is 15.2. The van der Waals surface area contributed by atoms with Crippen molar-refractivity contribution >= 4 is 11.6 Å². The van der Waals surface area contributed by atoms with E-state index in [1.54, 1.807) is 26.4 Å². The molecule has 1 aliphatic rings. The summed E-state index contributed by atoms with van der Waals surface area (Å²) < 4.78 is 10.6. The summed E-state index contributed by atoms with van der Waals surface area (Å²) >= 11 is 0. The van der Waals surface area contributed by atoms with Gasteiger partial charge in [-0.2, -0.15) is 0 Å². The van der Waals surface area contributed by atoms with E-state index in [0.717, 1.165) is 59.8 Å². The molecule has 0 radical (unpaired) electrons. The third-order valence-electron chi connectivity index (χ3n) is 6.17. The van der Waals surface area contributed by atoms with Crippen LogP contribution in [-0.2, 0) is 11.3 Å². The SMILES string of the molecule is COc1cccc(-c2cccc(NC(=O)C3CCN(Cc4cc(OC)ccc4O)CC3)c2)c1. The van der Waals surface area contributed by atoms with Crippen LogP contribution < -0.4 is 14.8 Å². The lowest BCUT2D eigenvalue weighted by atomic mass is 9.95. The van der Waals surface area contributed by atoms with Gasteiger partial charge in [0.1, 0.15) is 17.2 Å². The zero-order valence-electron chi connectivity index (χ0n) is 19.1. The smallest absolute Gasteiger partial charge is 0.227 e. The number of phenols is 1. The number of carbonyl (C=O) groups excluding carboxylic acids is 1. The number of nitrogens with one attached hydrogen (secondary N) is 1. The van der Waals surface area contributed by atoms with Crippen LogP contribution in [0.25, 0.3) is 11.1 Å². The summed E-state index contributed by atoms with van der Waals surface area (Å²) in [5.41, 5.74) is 3.70. The highest BCUT2D eigenvalue weighted by atomic mass is 16.5. The van der Waals surface area contributed by atoms with Crippen LogP contribution in [0.1, 0.15) is 18.4 Å². The molecule has 172 valence electrons. The molecule has 0 spiro atoms. The van der Waals surface area contributed by atoms with Gasteiger partial charge in [-0.1, -0.05) is 24.3 Å². The van der Waals surface area contributed by atoms with E-state index in [4.69, 9.17) is 9.47 Å². The van der Waals surface area contributed by atoms with Gasteiger partial charge in [-0.3, -0.25) is 9.69 Å². The minimum Gasteiger partial charge on any atom is -0.508 e. The Kier molecular flexibility index (Phi) is 7.15. The van der Waals surface area contributed by atoms with E-state index in [1.807, 2.05) is 54.6 Å². The fourth-order valence-electron chi connectivity index (χ4n) is 4.23. The van der Waals surface area contributed by atoms with Gasteiger partial charge in [0.05, 0.1) is 14.2 Å². The lowest BCUT2D eigenvalue weighted by Gasteiger charge is -2.31. The van der Waals surface area contributed by atoms with Gasteiger partial charge in [-0.05, 0) is 79.5 Å². The van der Waals surface area contributed by atoms with Crippen molar-refractivity contribution in [3.63, 3.8) is 0 Å². The zero-order chi connectivity index (χ0) is 23.2. The van der Waals surface area contributed by atoms with Crippen LogP contribution >= 0.6 is 0 Å². The average Bonchev–Trinajstić information content (AvgIpc) is 2.86. The van der Waals surface area contributed by atoms with Gasteiger partial charge in [-0.15, -0.1) is 0 Å². The van der Waals surface area contributed by atoms with Gasteiger partial charge in [-0.25, -0.2) is 0 Å². The number of aromatic hydroxyl groups is 1. The lowest BCUT2D eigenvalue weighted by Crippen LogP contribution is -2.37. The largest absolute Gasteiger partial charge is 0.508 e. The quantitative estimate of drug-likeness (QED) is 0.539. The first kappa shape index (κ1) is 22.7. The van der Waals surface area contributed by atoms with Crippen LogP contribution in [-0.4, -0.2) is 43.2 Å². The second kappa shape index (κ2) is 10.4. The summed E-state index contributed by atoms with van der Waals surface area (Å²) in [5.74, 6) is 1.83. The molecular formula is C27H30N2O4. The number of hydrogen-bond donors (Lipinski definition) is 2. The number of phenolic OH excluding ortho intramolecular Hbond substituents is 1. The van der Waals surface area contributed by atoms with Crippen molar-refractivity contribution in [3.8, 4) is 28.4 Å². The summed E-state index contributed by atoms with van der Waals surface area (Å²) in [5, 5.41) is 13.2. The van der Waals surface area contributed by atoms with E-state index in [-0.39, 0.29) is 17.6 Å². The van der Waals surface area contributed by atoms with Crippen LogP contribution in [0.15, 0.2) is 66.7 Å². The van der Waals surface area contributed by atoms with E-state index in [9.17, 15) is 9.90 Å². The molecule has 1 aliphatic heterocycles. The third-order valence-corrected chi connectivity index (χ3v) is 6.17. The topological polar surface area (TPSA) is 71.0 Å². The Morgan fingerprint density at radius 2 is 1.61 bits per heavy atom. The zero-order valence-corrected chi connectivity index (χ0v) is 19.1. The van der Waals surface area contributed by atoms with E-state index in [2.05, 4.69) is 10.2 Å². The average molecular weight is 447 g/mol. The van der Waals surface area contributed by atoms with Gasteiger partial charge < -0.3 is 19.9 Å². The molecule has 0 aliphatic carbocycles. The Morgan fingerprint density at radius 3 is 2.33 bits per heavy atom. The maximum atomic E-state index is 12.9. The molecule has 1 saturated heterocycles. The third kappa shape index (κ3) is 5.65. The number of piperidine rings is 1. The molecule has 33 heavy (non-hydrogen) atoms. The second-order valence-corrected chi connectivity index (χ2v) is 8.35. The number of likely N-dealkylation sites (tertiary alicyclic amines) is 1. The minimum atomic E-state index is -0.0272. The summed E-state index contributed by atoms with van der Waals surface area (Å²) in [6.45, 7) is 2.25. The standard InChI is InChI=1S/C27H30N2O4/c1-32-24-8-4-6-21(16-24)20-5-3-7-23(15-20)28-27(31)19-11-13-29(14-12-19)18-22-17-25(33-2)9-10-26(22)30/h3-10,15-17,19,30H,11-14,18H2,1-2H3,(H,28,31). The van der Waals surface area contributed by atoms with Crippen molar-refractivity contribution in [1.29, 1.82) is 0 Å². The van der Waals surface area contributed by atoms with Gasteiger partial charge in [0.15, 0.2) is 0 Å². The number of carbonyl (C=O) groups is 1. The van der Waals surface area contributed by atoms with Crippen molar-refractivity contribution in [2.24, 2.45) is 5.92 Å². The number of anilines is 1. The minimum absolute atomic E-state index is 0.0272. The van der Waals surface area contributed by atoms with Crippen molar-refractivity contribution in [2.45, 2.75) is 19.4 Å². The highest BCUT2D eigenvalue weighted by molar-refractivity contribution is 5.93. The molecule has 2 N–H and O–H groups in total. The number of ether oxygens (including phenoxy) is 2.